The zero-order valence-electron chi connectivity index (χ0n) is 11.3. The van der Waals surface area contributed by atoms with E-state index in [9.17, 15) is 14.0 Å². The monoisotopic (exact) mass is 298 g/mol. The number of carbonyl (C=O) groups excluding carboxylic acids is 2. The van der Waals surface area contributed by atoms with Crippen molar-refractivity contribution in [2.75, 3.05) is 10.6 Å². The standard InChI is InChI=1S/C15H11FN4O2/c16-10-2-5-11(6-3-10)18-14(21)15(22)19-12-4-1-9-8-17-20-13(9)7-12/h1-8H,(H,17,20)(H,18,21)(H,19,22). The maximum atomic E-state index is 12.8. The van der Waals surface area contributed by atoms with Crippen molar-refractivity contribution < 1.29 is 14.0 Å². The number of aromatic amines is 1. The molecule has 1 heterocycles. The molecule has 2 aromatic carbocycles. The Morgan fingerprint density at radius 1 is 0.955 bits per heavy atom. The number of rotatable bonds is 2. The van der Waals surface area contributed by atoms with Gasteiger partial charge in [0.1, 0.15) is 5.82 Å². The van der Waals surface area contributed by atoms with Gasteiger partial charge in [-0.1, -0.05) is 0 Å². The van der Waals surface area contributed by atoms with Crippen LogP contribution >= 0.6 is 0 Å². The average Bonchev–Trinajstić information content (AvgIpc) is 2.97. The number of halogens is 1. The van der Waals surface area contributed by atoms with Crippen LogP contribution in [0.1, 0.15) is 0 Å². The summed E-state index contributed by atoms with van der Waals surface area (Å²) in [7, 11) is 0. The third-order valence-corrected chi connectivity index (χ3v) is 3.01. The third kappa shape index (κ3) is 2.93. The maximum absolute atomic E-state index is 12.8. The normalized spacial score (nSPS) is 10.4. The summed E-state index contributed by atoms with van der Waals surface area (Å²) in [6.07, 6.45) is 1.65. The molecule has 7 heteroatoms. The fourth-order valence-electron chi connectivity index (χ4n) is 1.92. The number of carbonyl (C=O) groups is 2. The molecule has 1 aromatic heterocycles. The van der Waals surface area contributed by atoms with Gasteiger partial charge >= 0.3 is 11.8 Å². The molecule has 2 amide bonds. The van der Waals surface area contributed by atoms with Crippen molar-refractivity contribution in [1.29, 1.82) is 0 Å². The van der Waals surface area contributed by atoms with E-state index in [-0.39, 0.29) is 0 Å². The smallest absolute Gasteiger partial charge is 0.314 e. The molecule has 3 rings (SSSR count). The summed E-state index contributed by atoms with van der Waals surface area (Å²) in [5, 5.41) is 12.4. The van der Waals surface area contributed by atoms with Gasteiger partial charge in [0.05, 0.1) is 11.7 Å². The largest absolute Gasteiger partial charge is 0.318 e. The second kappa shape index (κ2) is 5.65. The molecule has 0 saturated carbocycles. The van der Waals surface area contributed by atoms with Gasteiger partial charge in [0.15, 0.2) is 0 Å². The number of hydrogen-bond donors (Lipinski definition) is 3. The summed E-state index contributed by atoms with van der Waals surface area (Å²) >= 11 is 0. The molecule has 6 nitrogen and oxygen atoms in total. The first-order chi connectivity index (χ1) is 10.6. The van der Waals surface area contributed by atoms with Gasteiger partial charge in [-0.05, 0) is 42.5 Å². The van der Waals surface area contributed by atoms with Gasteiger partial charge in [-0.15, -0.1) is 0 Å². The number of benzene rings is 2. The molecular weight excluding hydrogens is 287 g/mol. The highest BCUT2D eigenvalue weighted by Crippen LogP contribution is 2.16. The number of nitrogens with zero attached hydrogens (tertiary/aromatic N) is 1. The molecule has 0 aliphatic carbocycles. The number of H-pyrrole nitrogens is 1. The molecule has 0 unspecified atom stereocenters. The van der Waals surface area contributed by atoms with E-state index >= 15 is 0 Å². The summed E-state index contributed by atoms with van der Waals surface area (Å²) < 4.78 is 12.8. The summed E-state index contributed by atoms with van der Waals surface area (Å²) in [5.41, 5.74) is 1.55. The van der Waals surface area contributed by atoms with Gasteiger partial charge in [0, 0.05) is 16.8 Å². The molecule has 3 aromatic rings. The molecule has 110 valence electrons. The van der Waals surface area contributed by atoms with Gasteiger partial charge in [0.2, 0.25) is 0 Å². The molecule has 0 radical (unpaired) electrons. The van der Waals surface area contributed by atoms with Crippen molar-refractivity contribution in [1.82, 2.24) is 10.2 Å². The lowest BCUT2D eigenvalue weighted by Gasteiger charge is -2.06. The van der Waals surface area contributed by atoms with Gasteiger partial charge in [-0.2, -0.15) is 5.10 Å². The van der Waals surface area contributed by atoms with E-state index in [1.54, 1.807) is 24.4 Å². The minimum atomic E-state index is -0.837. The Kier molecular flexibility index (Phi) is 3.53. The van der Waals surface area contributed by atoms with Gasteiger partial charge in [0.25, 0.3) is 0 Å². The third-order valence-electron chi connectivity index (χ3n) is 3.01. The molecule has 0 fully saturated rings. The summed E-state index contributed by atoms with van der Waals surface area (Å²) in [5.74, 6) is -2.07. The maximum Gasteiger partial charge on any atom is 0.314 e. The molecule has 0 aliphatic heterocycles. The molecule has 22 heavy (non-hydrogen) atoms. The molecule has 0 aliphatic rings. The average molecular weight is 298 g/mol. The number of nitrogens with one attached hydrogen (secondary N) is 3. The van der Waals surface area contributed by atoms with Crippen molar-refractivity contribution in [3.8, 4) is 0 Å². The van der Waals surface area contributed by atoms with Crippen LogP contribution in [0.3, 0.4) is 0 Å². The number of aromatic nitrogens is 2. The number of hydrogen-bond acceptors (Lipinski definition) is 3. The zero-order valence-corrected chi connectivity index (χ0v) is 11.3. The Bertz CT molecular complexity index is 842. The molecule has 0 bridgehead atoms. The first kappa shape index (κ1) is 13.7. The summed E-state index contributed by atoms with van der Waals surface area (Å²) in [6, 6.07) is 10.2. The van der Waals surface area contributed by atoms with E-state index < -0.39 is 17.6 Å². The first-order valence-electron chi connectivity index (χ1n) is 6.43. The van der Waals surface area contributed by atoms with Crippen molar-refractivity contribution >= 4 is 34.1 Å². The van der Waals surface area contributed by atoms with E-state index in [4.69, 9.17) is 0 Å². The summed E-state index contributed by atoms with van der Waals surface area (Å²) in [4.78, 5) is 23.6. The van der Waals surface area contributed by atoms with Crippen LogP contribution in [0.2, 0.25) is 0 Å². The Morgan fingerprint density at radius 2 is 1.59 bits per heavy atom. The first-order valence-corrected chi connectivity index (χ1v) is 6.43. The Hall–Kier alpha value is -3.22. The zero-order chi connectivity index (χ0) is 15.5. The highest BCUT2D eigenvalue weighted by molar-refractivity contribution is 6.43. The lowest BCUT2D eigenvalue weighted by molar-refractivity contribution is -0.132. The predicted molar refractivity (Wildman–Crippen MR) is 79.8 cm³/mol. The minimum Gasteiger partial charge on any atom is -0.318 e. The molecular formula is C15H11FN4O2. The number of amides is 2. The van der Waals surface area contributed by atoms with E-state index in [0.717, 1.165) is 10.9 Å². The van der Waals surface area contributed by atoms with E-state index in [1.807, 2.05) is 0 Å². The van der Waals surface area contributed by atoms with Crippen LogP contribution in [-0.2, 0) is 9.59 Å². The van der Waals surface area contributed by atoms with Crippen molar-refractivity contribution in [2.24, 2.45) is 0 Å². The highest BCUT2D eigenvalue weighted by Gasteiger charge is 2.14. The fraction of sp³-hybridized carbons (Fsp3) is 0. The van der Waals surface area contributed by atoms with Crippen molar-refractivity contribution in [2.45, 2.75) is 0 Å². The SMILES string of the molecule is O=C(Nc1ccc(F)cc1)C(=O)Nc1ccc2cn[nH]c2c1. The second-order valence-corrected chi connectivity index (χ2v) is 4.59. The van der Waals surface area contributed by atoms with Crippen LogP contribution < -0.4 is 10.6 Å². The van der Waals surface area contributed by atoms with Crippen LogP contribution in [0.15, 0.2) is 48.7 Å². The van der Waals surface area contributed by atoms with Crippen LogP contribution in [0, 0.1) is 5.82 Å². The summed E-state index contributed by atoms with van der Waals surface area (Å²) in [6.45, 7) is 0. The topological polar surface area (TPSA) is 86.9 Å². The van der Waals surface area contributed by atoms with Crippen molar-refractivity contribution in [3.05, 3.63) is 54.5 Å². The Balaban J connectivity index is 1.67. The van der Waals surface area contributed by atoms with E-state index in [2.05, 4.69) is 20.8 Å². The van der Waals surface area contributed by atoms with Gasteiger partial charge in [-0.3, -0.25) is 14.7 Å². The highest BCUT2D eigenvalue weighted by atomic mass is 19.1. The quantitative estimate of drug-likeness (QED) is 0.634. The molecule has 3 N–H and O–H groups in total. The molecule has 0 atom stereocenters. The van der Waals surface area contributed by atoms with Crippen LogP contribution in [0.5, 0.6) is 0 Å². The predicted octanol–water partition coefficient (Wildman–Crippen LogP) is 2.28. The molecule has 0 saturated heterocycles. The van der Waals surface area contributed by atoms with E-state index in [0.29, 0.717) is 11.4 Å². The van der Waals surface area contributed by atoms with Crippen LogP contribution in [-0.4, -0.2) is 22.0 Å². The van der Waals surface area contributed by atoms with Crippen LogP contribution in [0.25, 0.3) is 10.9 Å². The van der Waals surface area contributed by atoms with Gasteiger partial charge < -0.3 is 10.6 Å². The van der Waals surface area contributed by atoms with E-state index in [1.165, 1.54) is 24.3 Å². The molecule has 0 spiro atoms. The number of anilines is 2. The second-order valence-electron chi connectivity index (χ2n) is 4.59. The van der Waals surface area contributed by atoms with Gasteiger partial charge in [-0.25, -0.2) is 4.39 Å². The lowest BCUT2D eigenvalue weighted by Crippen LogP contribution is -2.29. The Morgan fingerprint density at radius 3 is 2.32 bits per heavy atom. The van der Waals surface area contributed by atoms with Crippen LogP contribution in [0.4, 0.5) is 15.8 Å². The Labute approximate surface area is 124 Å². The number of fused-ring (bicyclic) bond motifs is 1. The lowest BCUT2D eigenvalue weighted by atomic mass is 10.2. The fourth-order valence-corrected chi connectivity index (χ4v) is 1.92. The minimum absolute atomic E-state index is 0.338. The van der Waals surface area contributed by atoms with Crippen molar-refractivity contribution in [3.63, 3.8) is 0 Å².